The van der Waals surface area contributed by atoms with Crippen molar-refractivity contribution < 1.29 is 0 Å². The maximum Gasteiger partial charge on any atom is 0.161 e. The molecule has 0 saturated heterocycles. The van der Waals surface area contributed by atoms with E-state index in [2.05, 4.69) is 54.7 Å². The van der Waals surface area contributed by atoms with Gasteiger partial charge in [-0.3, -0.25) is 0 Å². The van der Waals surface area contributed by atoms with Gasteiger partial charge in [0, 0.05) is 11.0 Å². The molecule has 2 aromatic rings. The van der Waals surface area contributed by atoms with Crippen molar-refractivity contribution in [1.82, 2.24) is 9.97 Å². The smallest absolute Gasteiger partial charge is 0.161 e. The Hall–Kier alpha value is -0.930. The largest absolute Gasteiger partial charge is 0.231 e. The number of benzene rings is 1. The number of hydrogen-bond donors (Lipinski definition) is 0. The highest BCUT2D eigenvalue weighted by molar-refractivity contribution is 9.10. The molecule has 106 valence electrons. The van der Waals surface area contributed by atoms with Crippen LogP contribution in [0.15, 0.2) is 28.7 Å². The monoisotopic (exact) mass is 352 g/mol. The van der Waals surface area contributed by atoms with E-state index in [4.69, 9.17) is 16.6 Å². The average molecular weight is 354 g/mol. The number of aromatic nitrogens is 2. The fourth-order valence-electron chi connectivity index (χ4n) is 2.08. The van der Waals surface area contributed by atoms with E-state index >= 15 is 0 Å². The van der Waals surface area contributed by atoms with Crippen LogP contribution in [0, 0.1) is 0 Å². The van der Waals surface area contributed by atoms with Crippen LogP contribution in [-0.4, -0.2) is 9.97 Å². The lowest BCUT2D eigenvalue weighted by molar-refractivity contribution is 0.564. The quantitative estimate of drug-likeness (QED) is 0.674. The summed E-state index contributed by atoms with van der Waals surface area (Å²) in [6.45, 7) is 8.48. The van der Waals surface area contributed by atoms with Crippen LogP contribution in [0.3, 0.4) is 0 Å². The van der Waals surface area contributed by atoms with E-state index in [0.717, 1.165) is 22.2 Å². The molecular weight excluding hydrogens is 336 g/mol. The van der Waals surface area contributed by atoms with Crippen molar-refractivity contribution >= 4 is 27.5 Å². The molecule has 2 nitrogen and oxygen atoms in total. The molecule has 1 heterocycles. The summed E-state index contributed by atoms with van der Waals surface area (Å²) >= 11 is 9.77. The molecule has 2 rings (SSSR count). The van der Waals surface area contributed by atoms with Crippen LogP contribution in [0.5, 0.6) is 0 Å². The van der Waals surface area contributed by atoms with Gasteiger partial charge in [0.1, 0.15) is 5.15 Å². The van der Waals surface area contributed by atoms with Crippen molar-refractivity contribution in [1.29, 1.82) is 0 Å². The molecule has 0 N–H and O–H groups in total. The van der Waals surface area contributed by atoms with Crippen LogP contribution in [0.4, 0.5) is 0 Å². The first kappa shape index (κ1) is 15.5. The van der Waals surface area contributed by atoms with Crippen molar-refractivity contribution in [2.24, 2.45) is 0 Å². The minimum absolute atomic E-state index is 0.0959. The highest BCUT2D eigenvalue weighted by atomic mass is 79.9. The standard InChI is InChI=1S/C16H18BrClN2/c1-5-10-8-6-7-9-11(10)15-19-13(16(2,3)4)12(17)14(18)20-15/h6-9H,5H2,1-4H3. The van der Waals surface area contributed by atoms with Crippen molar-refractivity contribution in [3.8, 4) is 11.4 Å². The Morgan fingerprint density at radius 1 is 1.15 bits per heavy atom. The molecule has 20 heavy (non-hydrogen) atoms. The van der Waals surface area contributed by atoms with Crippen LogP contribution >= 0.6 is 27.5 Å². The summed E-state index contributed by atoms with van der Waals surface area (Å²) in [6, 6.07) is 8.19. The van der Waals surface area contributed by atoms with E-state index in [9.17, 15) is 0 Å². The van der Waals surface area contributed by atoms with E-state index < -0.39 is 0 Å². The number of hydrogen-bond acceptors (Lipinski definition) is 2. The summed E-state index contributed by atoms with van der Waals surface area (Å²) in [7, 11) is 0. The molecule has 0 spiro atoms. The van der Waals surface area contributed by atoms with Crippen LogP contribution in [-0.2, 0) is 11.8 Å². The van der Waals surface area contributed by atoms with Crippen molar-refractivity contribution in [2.45, 2.75) is 39.5 Å². The molecule has 0 aliphatic heterocycles. The second kappa shape index (κ2) is 5.82. The molecule has 0 fully saturated rings. The average Bonchev–Trinajstić information content (AvgIpc) is 2.40. The zero-order chi connectivity index (χ0) is 14.9. The minimum atomic E-state index is -0.0959. The molecule has 1 aromatic heterocycles. The van der Waals surface area contributed by atoms with E-state index in [1.807, 2.05) is 18.2 Å². The fourth-order valence-corrected chi connectivity index (χ4v) is 3.03. The molecule has 1 aromatic carbocycles. The predicted molar refractivity (Wildman–Crippen MR) is 88.3 cm³/mol. The first-order valence-electron chi connectivity index (χ1n) is 6.66. The SMILES string of the molecule is CCc1ccccc1-c1nc(Cl)c(Br)c(C(C)(C)C)n1. The van der Waals surface area contributed by atoms with Crippen molar-refractivity contribution in [3.63, 3.8) is 0 Å². The highest BCUT2D eigenvalue weighted by Gasteiger charge is 2.23. The van der Waals surface area contributed by atoms with Gasteiger partial charge in [0.15, 0.2) is 5.82 Å². The molecule has 0 saturated carbocycles. The van der Waals surface area contributed by atoms with Crippen LogP contribution in [0.25, 0.3) is 11.4 Å². The number of aryl methyl sites for hydroxylation is 1. The Morgan fingerprint density at radius 2 is 1.80 bits per heavy atom. The summed E-state index contributed by atoms with van der Waals surface area (Å²) < 4.78 is 0.782. The molecule has 0 bridgehead atoms. The number of rotatable bonds is 2. The van der Waals surface area contributed by atoms with Gasteiger partial charge in [0.25, 0.3) is 0 Å². The lowest BCUT2D eigenvalue weighted by atomic mass is 9.92. The summed E-state index contributed by atoms with van der Waals surface area (Å²) in [6.07, 6.45) is 0.943. The number of halogens is 2. The van der Waals surface area contributed by atoms with E-state index in [-0.39, 0.29) is 5.41 Å². The third-order valence-electron chi connectivity index (χ3n) is 3.16. The van der Waals surface area contributed by atoms with Crippen LogP contribution in [0.1, 0.15) is 39.0 Å². The van der Waals surface area contributed by atoms with Crippen molar-refractivity contribution in [3.05, 3.63) is 45.1 Å². The summed E-state index contributed by atoms with van der Waals surface area (Å²) in [5.41, 5.74) is 3.11. The predicted octanol–water partition coefficient (Wildman–Crippen LogP) is 5.42. The molecule has 0 radical (unpaired) electrons. The molecule has 0 aliphatic carbocycles. The van der Waals surface area contributed by atoms with Crippen LogP contribution in [0.2, 0.25) is 5.15 Å². The molecular formula is C16H18BrClN2. The third kappa shape index (κ3) is 3.04. The molecule has 0 unspecified atom stereocenters. The highest BCUT2D eigenvalue weighted by Crippen LogP contribution is 2.34. The molecule has 4 heteroatoms. The van der Waals surface area contributed by atoms with Crippen LogP contribution < -0.4 is 0 Å². The Kier molecular flexibility index (Phi) is 4.50. The maximum absolute atomic E-state index is 6.27. The lowest BCUT2D eigenvalue weighted by Gasteiger charge is -2.21. The number of nitrogens with zero attached hydrogens (tertiary/aromatic N) is 2. The van der Waals surface area contributed by atoms with Crippen molar-refractivity contribution in [2.75, 3.05) is 0 Å². The molecule has 0 amide bonds. The Morgan fingerprint density at radius 3 is 2.40 bits per heavy atom. The first-order valence-corrected chi connectivity index (χ1v) is 7.83. The summed E-state index contributed by atoms with van der Waals surface area (Å²) in [4.78, 5) is 9.17. The first-order chi connectivity index (χ1) is 9.34. The van der Waals surface area contributed by atoms with Gasteiger partial charge in [-0.25, -0.2) is 9.97 Å². The minimum Gasteiger partial charge on any atom is -0.231 e. The third-order valence-corrected chi connectivity index (χ3v) is 4.41. The Labute approximate surface area is 133 Å². The van der Waals surface area contributed by atoms with Gasteiger partial charge < -0.3 is 0 Å². The maximum atomic E-state index is 6.27. The second-order valence-corrected chi connectivity index (χ2v) is 6.91. The van der Waals surface area contributed by atoms with Gasteiger partial charge in [0.05, 0.1) is 10.2 Å². The van der Waals surface area contributed by atoms with Gasteiger partial charge in [-0.05, 0) is 27.9 Å². The van der Waals surface area contributed by atoms with Gasteiger partial charge in [0.2, 0.25) is 0 Å². The summed E-state index contributed by atoms with van der Waals surface area (Å²) in [5, 5.41) is 0.464. The molecule has 0 atom stereocenters. The van der Waals surface area contributed by atoms with E-state index in [0.29, 0.717) is 11.0 Å². The van der Waals surface area contributed by atoms with E-state index in [1.165, 1.54) is 5.56 Å². The van der Waals surface area contributed by atoms with Gasteiger partial charge in [-0.1, -0.05) is 63.6 Å². The van der Waals surface area contributed by atoms with Gasteiger partial charge in [-0.15, -0.1) is 0 Å². The van der Waals surface area contributed by atoms with E-state index in [1.54, 1.807) is 0 Å². The normalized spacial score (nSPS) is 11.7. The zero-order valence-electron chi connectivity index (χ0n) is 12.2. The topological polar surface area (TPSA) is 25.8 Å². The Bertz CT molecular complexity index is 633. The lowest BCUT2D eigenvalue weighted by Crippen LogP contribution is -2.16. The summed E-state index contributed by atoms with van der Waals surface area (Å²) in [5.74, 6) is 0.695. The fraction of sp³-hybridized carbons (Fsp3) is 0.375. The molecule has 0 aliphatic rings. The second-order valence-electron chi connectivity index (χ2n) is 5.76. The van der Waals surface area contributed by atoms with Gasteiger partial charge >= 0.3 is 0 Å². The van der Waals surface area contributed by atoms with Gasteiger partial charge in [-0.2, -0.15) is 0 Å². The zero-order valence-corrected chi connectivity index (χ0v) is 14.5. The Balaban J connectivity index is 2.67.